The molecule has 0 N–H and O–H groups in total. The van der Waals surface area contributed by atoms with Gasteiger partial charge in [-0.1, -0.05) is 30.3 Å². The summed E-state index contributed by atoms with van der Waals surface area (Å²) in [5.74, 6) is 0.791. The van der Waals surface area contributed by atoms with Gasteiger partial charge in [-0.15, -0.1) is 11.5 Å². The van der Waals surface area contributed by atoms with Crippen LogP contribution in [0.4, 0.5) is 0 Å². The number of furan rings is 1. The Bertz CT molecular complexity index is 1150. The third-order valence-electron chi connectivity index (χ3n) is 4.00. The molecule has 5 rings (SSSR count). The predicted molar refractivity (Wildman–Crippen MR) is 83.5 cm³/mol. The molecule has 0 atom stereocenters. The number of pyridine rings is 1. The van der Waals surface area contributed by atoms with Crippen molar-refractivity contribution in [2.75, 3.05) is 0 Å². The first kappa shape index (κ1) is 13.5. The third kappa shape index (κ3) is 1.62. The molecule has 0 aliphatic heterocycles. The molecule has 3 heterocycles. The van der Waals surface area contributed by atoms with Crippen molar-refractivity contribution >= 4 is 38.2 Å². The van der Waals surface area contributed by atoms with Crippen LogP contribution in [0.2, 0.25) is 0 Å². The quantitative estimate of drug-likeness (QED) is 0.317. The molecule has 0 bridgehead atoms. The van der Waals surface area contributed by atoms with E-state index in [2.05, 4.69) is 30.3 Å². The number of hydrogen-bond acceptors (Lipinski definition) is 2. The van der Waals surface area contributed by atoms with E-state index in [1.807, 2.05) is 35.8 Å². The van der Waals surface area contributed by atoms with E-state index in [9.17, 15) is 0 Å². The Morgan fingerprint density at radius 3 is 2.68 bits per heavy atom. The van der Waals surface area contributed by atoms with E-state index in [-0.39, 0.29) is 20.1 Å². The molecule has 0 aliphatic carbocycles. The molecule has 0 spiro atoms. The average molecular weight is 464 g/mol. The van der Waals surface area contributed by atoms with Gasteiger partial charge in [0, 0.05) is 37.6 Å². The summed E-state index contributed by atoms with van der Waals surface area (Å²) in [7, 11) is 0. The van der Waals surface area contributed by atoms with E-state index in [0.717, 1.165) is 38.5 Å². The predicted octanol–water partition coefficient (Wildman–Crippen LogP) is 4.49. The Kier molecular flexibility index (Phi) is 2.86. The molecule has 3 nitrogen and oxygen atoms in total. The van der Waals surface area contributed by atoms with Gasteiger partial charge in [-0.2, -0.15) is 0 Å². The van der Waals surface area contributed by atoms with Gasteiger partial charge in [0.2, 0.25) is 0 Å². The van der Waals surface area contributed by atoms with Crippen molar-refractivity contribution in [3.8, 4) is 0 Å². The fraction of sp³-hybridized carbons (Fsp3) is 0.0556. The summed E-state index contributed by atoms with van der Waals surface area (Å²) >= 11 is 0. The zero-order valence-corrected chi connectivity index (χ0v) is 14.1. The van der Waals surface area contributed by atoms with Crippen LogP contribution < -0.4 is 0 Å². The van der Waals surface area contributed by atoms with Gasteiger partial charge < -0.3 is 4.42 Å². The first-order chi connectivity index (χ1) is 10.3. The maximum Gasteiger partial charge on any atom is 0.0611 e. The molecule has 1 radical (unpaired) electrons. The van der Waals surface area contributed by atoms with Crippen LogP contribution in [-0.2, 0) is 20.1 Å². The van der Waals surface area contributed by atoms with Crippen LogP contribution in [0.1, 0.15) is 5.76 Å². The molecule has 0 amide bonds. The summed E-state index contributed by atoms with van der Waals surface area (Å²) in [6, 6.07) is 17.8. The normalized spacial score (nSPS) is 11.5. The Morgan fingerprint density at radius 2 is 1.82 bits per heavy atom. The van der Waals surface area contributed by atoms with E-state index in [1.54, 1.807) is 0 Å². The maximum atomic E-state index is 5.88. The molecule has 0 fully saturated rings. The van der Waals surface area contributed by atoms with Crippen molar-refractivity contribution < 1.29 is 24.5 Å². The van der Waals surface area contributed by atoms with Crippen molar-refractivity contribution in [2.24, 2.45) is 0 Å². The zero-order chi connectivity index (χ0) is 14.0. The summed E-state index contributed by atoms with van der Waals surface area (Å²) in [4.78, 5) is 0. The molecule has 22 heavy (non-hydrogen) atoms. The van der Waals surface area contributed by atoms with Gasteiger partial charge in [-0.25, -0.2) is 5.10 Å². The average Bonchev–Trinajstić information content (AvgIpc) is 3.08. The largest absolute Gasteiger partial charge is 0.532 e. The van der Waals surface area contributed by atoms with Crippen LogP contribution >= 0.6 is 0 Å². The second-order valence-corrected chi connectivity index (χ2v) is 5.29. The van der Waals surface area contributed by atoms with Crippen molar-refractivity contribution in [2.45, 2.75) is 6.92 Å². The fourth-order valence-electron chi connectivity index (χ4n) is 3.16. The Hall–Kier alpha value is -2.16. The van der Waals surface area contributed by atoms with E-state index >= 15 is 0 Å². The van der Waals surface area contributed by atoms with Crippen LogP contribution in [0.5, 0.6) is 0 Å². The Balaban J connectivity index is 0.00000125. The van der Waals surface area contributed by atoms with Gasteiger partial charge in [-0.3, -0.25) is 4.52 Å². The first-order valence-electron chi connectivity index (χ1n) is 6.93. The van der Waals surface area contributed by atoms with E-state index in [1.165, 1.54) is 5.39 Å². The summed E-state index contributed by atoms with van der Waals surface area (Å²) in [5, 5.41) is 9.14. The van der Waals surface area contributed by atoms with Gasteiger partial charge in [0.05, 0.1) is 5.52 Å². The van der Waals surface area contributed by atoms with Crippen LogP contribution in [-0.4, -0.2) is 9.61 Å². The van der Waals surface area contributed by atoms with E-state index < -0.39 is 0 Å². The minimum Gasteiger partial charge on any atom is -0.532 e. The minimum absolute atomic E-state index is 0. The smallest absolute Gasteiger partial charge is 0.0611 e. The topological polar surface area (TPSA) is 30.4 Å². The number of hydrogen-bond donors (Lipinski definition) is 0. The second-order valence-electron chi connectivity index (χ2n) is 5.29. The number of benzene rings is 2. The standard InChI is InChI=1S/C18H11N2O.Ir/c1-11-10-14-17-16(15-8-4-5-9-20(15)19-17)12-6-2-3-7-13(12)18(14)21-11;/h2-9H,1H3;/q-1;. The van der Waals surface area contributed by atoms with Crippen molar-refractivity contribution in [3.63, 3.8) is 0 Å². The molecule has 5 aromatic rings. The van der Waals surface area contributed by atoms with Gasteiger partial charge >= 0.3 is 0 Å². The van der Waals surface area contributed by atoms with Crippen LogP contribution in [0.15, 0.2) is 53.1 Å². The van der Waals surface area contributed by atoms with Crippen LogP contribution in [0, 0.1) is 13.0 Å². The molecule has 2 aromatic carbocycles. The molecule has 109 valence electrons. The number of aromatic nitrogens is 2. The van der Waals surface area contributed by atoms with Crippen LogP contribution in [0.3, 0.4) is 0 Å². The van der Waals surface area contributed by atoms with Gasteiger partial charge in [0.1, 0.15) is 0 Å². The number of rotatable bonds is 0. The number of fused-ring (bicyclic) bond motifs is 8. The van der Waals surface area contributed by atoms with Crippen molar-refractivity contribution in [1.82, 2.24) is 9.61 Å². The summed E-state index contributed by atoms with van der Waals surface area (Å²) < 4.78 is 7.80. The minimum atomic E-state index is 0. The van der Waals surface area contributed by atoms with Crippen LogP contribution in [0.25, 0.3) is 38.2 Å². The molecular formula is C18H11IrN2O-. The first-order valence-corrected chi connectivity index (χ1v) is 6.93. The molecule has 0 saturated carbocycles. The monoisotopic (exact) mass is 464 g/mol. The van der Waals surface area contributed by atoms with Gasteiger partial charge in [0.25, 0.3) is 0 Å². The molecule has 0 unspecified atom stereocenters. The molecule has 3 aromatic heterocycles. The molecule has 0 aliphatic rings. The van der Waals surface area contributed by atoms with Gasteiger partial charge in [-0.05, 0) is 40.7 Å². The summed E-state index contributed by atoms with van der Waals surface area (Å²) in [5.41, 5.74) is 2.93. The summed E-state index contributed by atoms with van der Waals surface area (Å²) in [6.45, 7) is 1.93. The molecule has 0 saturated heterocycles. The van der Waals surface area contributed by atoms with E-state index in [4.69, 9.17) is 9.52 Å². The Labute approximate surface area is 139 Å². The second kappa shape index (κ2) is 4.67. The fourth-order valence-corrected chi connectivity index (χ4v) is 3.16. The SMILES string of the molecule is Cc1[c-]c2c3nn4ccccc4c3c3ccccc3c2o1.[Ir]. The number of nitrogens with zero attached hydrogens (tertiary/aromatic N) is 2. The summed E-state index contributed by atoms with van der Waals surface area (Å²) in [6.07, 6.45) is 1.98. The molecular weight excluding hydrogens is 452 g/mol. The number of aryl methyl sites for hydroxylation is 1. The van der Waals surface area contributed by atoms with Crippen molar-refractivity contribution in [3.05, 3.63) is 60.5 Å². The maximum absolute atomic E-state index is 5.88. The van der Waals surface area contributed by atoms with Gasteiger partial charge in [0.15, 0.2) is 0 Å². The molecule has 4 heteroatoms. The zero-order valence-electron chi connectivity index (χ0n) is 11.8. The van der Waals surface area contributed by atoms with E-state index in [0.29, 0.717) is 0 Å². The third-order valence-corrected chi connectivity index (χ3v) is 4.00. The Morgan fingerprint density at radius 1 is 1.05 bits per heavy atom. The van der Waals surface area contributed by atoms with Crippen molar-refractivity contribution in [1.29, 1.82) is 0 Å².